The van der Waals surface area contributed by atoms with Crippen LogP contribution in [0.25, 0.3) is 11.3 Å². The first-order valence-electron chi connectivity index (χ1n) is 7.00. The Bertz CT molecular complexity index is 479. The molecule has 3 heteroatoms. The Morgan fingerprint density at radius 2 is 2.05 bits per heavy atom. The number of nitrogens with one attached hydrogen (secondary N) is 1. The highest BCUT2D eigenvalue weighted by atomic mass is 32.1. The second kappa shape index (κ2) is 7.41. The summed E-state index contributed by atoms with van der Waals surface area (Å²) in [5.41, 5.74) is 2.32. The van der Waals surface area contributed by atoms with Gasteiger partial charge in [-0.2, -0.15) is 0 Å². The monoisotopic (exact) mass is 274 g/mol. The van der Waals surface area contributed by atoms with Crippen molar-refractivity contribution in [3.63, 3.8) is 0 Å². The third-order valence-electron chi connectivity index (χ3n) is 3.22. The zero-order chi connectivity index (χ0) is 13.5. The van der Waals surface area contributed by atoms with Crippen molar-refractivity contribution in [1.29, 1.82) is 0 Å². The third kappa shape index (κ3) is 4.44. The first-order valence-corrected chi connectivity index (χ1v) is 7.88. The molecule has 0 amide bonds. The van der Waals surface area contributed by atoms with Crippen LogP contribution in [-0.2, 0) is 6.42 Å². The Hall–Kier alpha value is -1.19. The summed E-state index contributed by atoms with van der Waals surface area (Å²) in [6, 6.07) is 10.4. The summed E-state index contributed by atoms with van der Waals surface area (Å²) in [5.74, 6) is 0.712. The molecule has 0 spiro atoms. The van der Waals surface area contributed by atoms with Gasteiger partial charge in [-0.15, -0.1) is 11.3 Å². The number of benzene rings is 1. The molecule has 0 aliphatic carbocycles. The van der Waals surface area contributed by atoms with E-state index in [0.29, 0.717) is 5.92 Å². The molecule has 102 valence electrons. The summed E-state index contributed by atoms with van der Waals surface area (Å²) in [4.78, 5) is 4.73. The van der Waals surface area contributed by atoms with Crippen LogP contribution >= 0.6 is 11.3 Å². The van der Waals surface area contributed by atoms with Crippen molar-refractivity contribution in [3.05, 3.63) is 40.7 Å². The highest BCUT2D eigenvalue weighted by molar-refractivity contribution is 7.09. The van der Waals surface area contributed by atoms with Gasteiger partial charge in [0.1, 0.15) is 0 Å². The normalized spacial score (nSPS) is 12.5. The molecule has 1 aromatic carbocycles. The number of aromatic nitrogens is 1. The Labute approximate surface area is 119 Å². The topological polar surface area (TPSA) is 24.9 Å². The Kier molecular flexibility index (Phi) is 5.55. The van der Waals surface area contributed by atoms with Crippen molar-refractivity contribution in [2.45, 2.75) is 26.7 Å². The predicted octanol–water partition coefficient (Wildman–Crippen LogP) is 3.99. The van der Waals surface area contributed by atoms with Crippen molar-refractivity contribution >= 4 is 11.3 Å². The highest BCUT2D eigenvalue weighted by Gasteiger charge is 2.06. The molecule has 0 saturated carbocycles. The molecule has 0 fully saturated rings. The van der Waals surface area contributed by atoms with Gasteiger partial charge in [0.2, 0.25) is 0 Å². The maximum Gasteiger partial charge on any atom is 0.0932 e. The van der Waals surface area contributed by atoms with Gasteiger partial charge in [-0.1, -0.05) is 44.2 Å². The van der Waals surface area contributed by atoms with Gasteiger partial charge in [-0.25, -0.2) is 4.98 Å². The lowest BCUT2D eigenvalue weighted by Crippen LogP contribution is -2.20. The molecule has 0 radical (unpaired) electrons. The van der Waals surface area contributed by atoms with Crippen LogP contribution in [0.3, 0.4) is 0 Å². The maximum atomic E-state index is 4.73. The molecular formula is C16H22N2S. The number of hydrogen-bond donors (Lipinski definition) is 1. The minimum absolute atomic E-state index is 0.712. The SMILES string of the molecule is CCNCC(C)CCc1nc(-c2ccccc2)cs1. The van der Waals surface area contributed by atoms with Crippen LogP contribution in [0.5, 0.6) is 0 Å². The van der Waals surface area contributed by atoms with E-state index >= 15 is 0 Å². The Morgan fingerprint density at radius 3 is 2.79 bits per heavy atom. The molecule has 19 heavy (non-hydrogen) atoms. The van der Waals surface area contributed by atoms with E-state index in [9.17, 15) is 0 Å². The third-order valence-corrected chi connectivity index (χ3v) is 4.12. The Morgan fingerprint density at radius 1 is 1.26 bits per heavy atom. The molecule has 1 unspecified atom stereocenters. The van der Waals surface area contributed by atoms with E-state index in [4.69, 9.17) is 4.98 Å². The maximum absolute atomic E-state index is 4.73. The molecule has 1 atom stereocenters. The largest absolute Gasteiger partial charge is 0.317 e. The van der Waals surface area contributed by atoms with E-state index in [-0.39, 0.29) is 0 Å². The molecule has 0 bridgehead atoms. The molecule has 0 aliphatic rings. The molecule has 0 aliphatic heterocycles. The van der Waals surface area contributed by atoms with Crippen LogP contribution in [0.1, 0.15) is 25.3 Å². The van der Waals surface area contributed by atoms with Gasteiger partial charge < -0.3 is 5.32 Å². The van der Waals surface area contributed by atoms with Crippen molar-refractivity contribution in [3.8, 4) is 11.3 Å². The van der Waals surface area contributed by atoms with Gasteiger partial charge in [-0.3, -0.25) is 0 Å². The van der Waals surface area contributed by atoms with Crippen molar-refractivity contribution in [1.82, 2.24) is 10.3 Å². The summed E-state index contributed by atoms with van der Waals surface area (Å²) in [6.07, 6.45) is 2.29. The number of thiazole rings is 1. The van der Waals surface area contributed by atoms with Crippen LogP contribution in [0.15, 0.2) is 35.7 Å². The molecule has 2 nitrogen and oxygen atoms in total. The van der Waals surface area contributed by atoms with Gasteiger partial charge in [0, 0.05) is 10.9 Å². The summed E-state index contributed by atoms with van der Waals surface area (Å²) >= 11 is 1.78. The molecule has 1 aromatic heterocycles. The molecule has 2 aromatic rings. The van der Waals surface area contributed by atoms with Crippen molar-refractivity contribution in [2.24, 2.45) is 5.92 Å². The van der Waals surface area contributed by atoms with Crippen LogP contribution in [0.2, 0.25) is 0 Å². The molecular weight excluding hydrogens is 252 g/mol. The lowest BCUT2D eigenvalue weighted by Gasteiger charge is -2.10. The second-order valence-corrected chi connectivity index (χ2v) is 5.89. The predicted molar refractivity (Wildman–Crippen MR) is 83.6 cm³/mol. The van der Waals surface area contributed by atoms with Crippen LogP contribution < -0.4 is 5.32 Å². The van der Waals surface area contributed by atoms with Gasteiger partial charge in [0.15, 0.2) is 0 Å². The van der Waals surface area contributed by atoms with Crippen molar-refractivity contribution < 1.29 is 0 Å². The standard InChI is InChI=1S/C16H22N2S/c1-3-17-11-13(2)9-10-16-18-15(12-19-16)14-7-5-4-6-8-14/h4-8,12-13,17H,3,9-11H2,1-2H3. The molecule has 2 rings (SSSR count). The fourth-order valence-corrected chi connectivity index (χ4v) is 2.85. The van der Waals surface area contributed by atoms with Crippen LogP contribution in [0.4, 0.5) is 0 Å². The number of hydrogen-bond acceptors (Lipinski definition) is 3. The van der Waals surface area contributed by atoms with E-state index in [1.165, 1.54) is 17.0 Å². The van der Waals surface area contributed by atoms with Gasteiger partial charge in [-0.05, 0) is 31.8 Å². The van der Waals surface area contributed by atoms with E-state index in [1.807, 2.05) is 6.07 Å². The van der Waals surface area contributed by atoms with Gasteiger partial charge in [0.05, 0.1) is 10.7 Å². The summed E-state index contributed by atoms with van der Waals surface area (Å²) in [5, 5.41) is 6.82. The van der Waals surface area contributed by atoms with E-state index in [2.05, 4.69) is 48.8 Å². The number of nitrogens with zero attached hydrogens (tertiary/aromatic N) is 1. The molecule has 0 saturated heterocycles. The Balaban J connectivity index is 1.88. The van der Waals surface area contributed by atoms with Crippen LogP contribution in [-0.4, -0.2) is 18.1 Å². The summed E-state index contributed by atoms with van der Waals surface area (Å²) in [6.45, 7) is 6.61. The first kappa shape index (κ1) is 14.2. The quantitative estimate of drug-likeness (QED) is 0.826. The highest BCUT2D eigenvalue weighted by Crippen LogP contribution is 2.22. The zero-order valence-electron chi connectivity index (χ0n) is 11.7. The average molecular weight is 274 g/mol. The number of rotatable bonds is 7. The van der Waals surface area contributed by atoms with E-state index in [1.54, 1.807) is 11.3 Å². The van der Waals surface area contributed by atoms with Crippen molar-refractivity contribution in [2.75, 3.05) is 13.1 Å². The minimum atomic E-state index is 0.712. The van der Waals surface area contributed by atoms with Gasteiger partial charge >= 0.3 is 0 Å². The van der Waals surface area contributed by atoms with Gasteiger partial charge in [0.25, 0.3) is 0 Å². The first-order chi connectivity index (χ1) is 9.29. The van der Waals surface area contributed by atoms with E-state index in [0.717, 1.165) is 25.2 Å². The zero-order valence-corrected chi connectivity index (χ0v) is 12.5. The van der Waals surface area contributed by atoms with E-state index < -0.39 is 0 Å². The summed E-state index contributed by atoms with van der Waals surface area (Å²) in [7, 11) is 0. The lowest BCUT2D eigenvalue weighted by atomic mass is 10.1. The average Bonchev–Trinajstić information content (AvgIpc) is 2.93. The van der Waals surface area contributed by atoms with Crippen LogP contribution in [0, 0.1) is 5.92 Å². The second-order valence-electron chi connectivity index (χ2n) is 4.94. The fraction of sp³-hybridized carbons (Fsp3) is 0.438. The smallest absolute Gasteiger partial charge is 0.0932 e. The molecule has 1 heterocycles. The minimum Gasteiger partial charge on any atom is -0.317 e. The fourth-order valence-electron chi connectivity index (χ4n) is 2.03. The lowest BCUT2D eigenvalue weighted by molar-refractivity contribution is 0.489. The summed E-state index contributed by atoms with van der Waals surface area (Å²) < 4.78 is 0. The number of aryl methyl sites for hydroxylation is 1. The molecule has 1 N–H and O–H groups in total.